The molecule has 0 saturated carbocycles. The van der Waals surface area contributed by atoms with Crippen LogP contribution in [0.2, 0.25) is 0 Å². The summed E-state index contributed by atoms with van der Waals surface area (Å²) in [6.07, 6.45) is 0.600. The first-order valence-corrected chi connectivity index (χ1v) is 10.0. The molecule has 5 rings (SSSR count). The molecule has 0 aliphatic carbocycles. The lowest BCUT2D eigenvalue weighted by Crippen LogP contribution is -2.33. The average molecular weight is 435 g/mol. The minimum Gasteiger partial charge on any atom is -0.497 e. The molecule has 0 saturated heterocycles. The zero-order valence-electron chi connectivity index (χ0n) is 15.4. The van der Waals surface area contributed by atoms with Crippen LogP contribution in [0.5, 0.6) is 11.5 Å². The third-order valence-electron chi connectivity index (χ3n) is 5.28. The Kier molecular flexibility index (Phi) is 4.32. The van der Waals surface area contributed by atoms with Crippen LogP contribution in [0.25, 0.3) is 0 Å². The quantitative estimate of drug-likeness (QED) is 0.529. The highest BCUT2D eigenvalue weighted by Gasteiger charge is 2.40. The first-order chi connectivity index (χ1) is 13.7. The Morgan fingerprint density at radius 2 is 1.75 bits per heavy atom. The van der Waals surface area contributed by atoms with Crippen LogP contribution in [-0.4, -0.2) is 17.8 Å². The van der Waals surface area contributed by atoms with Crippen LogP contribution in [0.3, 0.4) is 0 Å². The average Bonchev–Trinajstić information content (AvgIpc) is 3.20. The Bertz CT molecular complexity index is 1030. The molecule has 5 heteroatoms. The van der Waals surface area contributed by atoms with Gasteiger partial charge in [0.2, 0.25) is 6.23 Å². The van der Waals surface area contributed by atoms with Gasteiger partial charge in [-0.05, 0) is 48.0 Å². The number of fused-ring (bicyclic) bond motifs is 3. The molecule has 2 aliphatic rings. The maximum atomic E-state index is 6.38. The second-order valence-corrected chi connectivity index (χ2v) is 7.85. The van der Waals surface area contributed by atoms with E-state index in [9.17, 15) is 0 Å². The third-order valence-corrected chi connectivity index (χ3v) is 5.81. The minimum absolute atomic E-state index is 0.163. The van der Waals surface area contributed by atoms with Crippen LogP contribution in [0, 0.1) is 0 Å². The molecule has 28 heavy (non-hydrogen) atoms. The number of halogens is 1. The van der Waals surface area contributed by atoms with E-state index in [0.717, 1.165) is 39.2 Å². The second kappa shape index (κ2) is 6.99. The predicted octanol–water partition coefficient (Wildman–Crippen LogP) is 5.70. The number of hydrogen-bond acceptors (Lipinski definition) is 4. The van der Waals surface area contributed by atoms with Crippen LogP contribution < -0.4 is 9.47 Å². The second-order valence-electron chi connectivity index (χ2n) is 6.93. The Balaban J connectivity index is 1.56. The normalized spacial score (nSPS) is 20.1. The SMILES string of the molecule is COc1ccc(C2=NN3[C@@H](C2)c2ccccc2O[C@H]3c2ccc(Br)cc2)cc1. The molecule has 2 heterocycles. The van der Waals surface area contributed by atoms with Gasteiger partial charge in [0, 0.05) is 22.0 Å². The van der Waals surface area contributed by atoms with E-state index in [0.29, 0.717) is 0 Å². The summed E-state index contributed by atoms with van der Waals surface area (Å²) in [5.74, 6) is 1.78. The van der Waals surface area contributed by atoms with Crippen molar-refractivity contribution in [1.29, 1.82) is 0 Å². The number of ether oxygens (including phenoxy) is 2. The van der Waals surface area contributed by atoms with Gasteiger partial charge in [-0.2, -0.15) is 5.10 Å². The smallest absolute Gasteiger partial charge is 0.213 e. The van der Waals surface area contributed by atoms with Gasteiger partial charge < -0.3 is 9.47 Å². The van der Waals surface area contributed by atoms with E-state index in [-0.39, 0.29) is 12.3 Å². The van der Waals surface area contributed by atoms with Crippen molar-refractivity contribution < 1.29 is 9.47 Å². The Hall–Kier alpha value is -2.79. The first kappa shape index (κ1) is 17.3. The topological polar surface area (TPSA) is 34.1 Å². The van der Waals surface area contributed by atoms with Crippen molar-refractivity contribution in [3.8, 4) is 11.5 Å². The molecular weight excluding hydrogens is 416 g/mol. The standard InChI is InChI=1S/C23H19BrN2O2/c1-27-18-12-8-15(9-13-18)20-14-21-19-4-2-3-5-22(19)28-23(26(21)25-20)16-6-10-17(24)11-7-16/h2-13,21,23H,14H2,1H3/t21-,23-/m0/s1. The van der Waals surface area contributed by atoms with Crippen LogP contribution in [-0.2, 0) is 0 Å². The van der Waals surface area contributed by atoms with E-state index < -0.39 is 0 Å². The molecule has 140 valence electrons. The summed E-state index contributed by atoms with van der Waals surface area (Å²) in [5.41, 5.74) is 4.45. The number of hydrogen-bond donors (Lipinski definition) is 0. The maximum absolute atomic E-state index is 6.38. The lowest BCUT2D eigenvalue weighted by Gasteiger charge is -2.38. The van der Waals surface area contributed by atoms with Crippen molar-refractivity contribution in [3.05, 3.63) is 94.0 Å². The molecule has 0 aromatic heterocycles. The molecule has 0 fully saturated rings. The number of hydrazone groups is 1. The third kappa shape index (κ3) is 2.96. The summed E-state index contributed by atoms with van der Waals surface area (Å²) in [5, 5.41) is 7.09. The van der Waals surface area contributed by atoms with E-state index in [1.54, 1.807) is 7.11 Å². The number of nitrogens with zero attached hydrogens (tertiary/aromatic N) is 2. The molecule has 3 aromatic carbocycles. The summed E-state index contributed by atoms with van der Waals surface area (Å²) in [4.78, 5) is 0. The van der Waals surface area contributed by atoms with Crippen LogP contribution in [0.15, 0.2) is 82.4 Å². The molecule has 0 N–H and O–H groups in total. The van der Waals surface area contributed by atoms with E-state index in [1.807, 2.05) is 36.4 Å². The molecule has 0 spiro atoms. The highest BCUT2D eigenvalue weighted by atomic mass is 79.9. The van der Waals surface area contributed by atoms with Gasteiger partial charge in [-0.25, -0.2) is 5.01 Å². The summed E-state index contributed by atoms with van der Waals surface area (Å²) >= 11 is 3.51. The molecule has 0 bridgehead atoms. The lowest BCUT2D eigenvalue weighted by atomic mass is 9.96. The number of benzene rings is 3. The molecule has 0 amide bonds. The van der Waals surface area contributed by atoms with Crippen molar-refractivity contribution in [2.24, 2.45) is 5.10 Å². The summed E-state index contributed by atoms with van der Waals surface area (Å²) < 4.78 is 12.7. The fourth-order valence-electron chi connectivity index (χ4n) is 3.84. The fourth-order valence-corrected chi connectivity index (χ4v) is 4.10. The molecule has 4 nitrogen and oxygen atoms in total. The van der Waals surface area contributed by atoms with Crippen molar-refractivity contribution >= 4 is 21.6 Å². The molecule has 0 radical (unpaired) electrons. The minimum atomic E-state index is -0.247. The van der Waals surface area contributed by atoms with Crippen LogP contribution in [0.4, 0.5) is 0 Å². The number of methoxy groups -OCH3 is 1. The summed E-state index contributed by atoms with van der Waals surface area (Å²) in [7, 11) is 1.68. The fraction of sp³-hybridized carbons (Fsp3) is 0.174. The van der Waals surface area contributed by atoms with E-state index in [4.69, 9.17) is 14.6 Å². The molecule has 2 atom stereocenters. The molecule has 0 unspecified atom stereocenters. The van der Waals surface area contributed by atoms with Crippen molar-refractivity contribution in [1.82, 2.24) is 5.01 Å². The first-order valence-electron chi connectivity index (χ1n) is 9.24. The van der Waals surface area contributed by atoms with Gasteiger partial charge in [-0.3, -0.25) is 0 Å². The van der Waals surface area contributed by atoms with Gasteiger partial charge in [0.15, 0.2) is 0 Å². The highest BCUT2D eigenvalue weighted by molar-refractivity contribution is 9.10. The van der Waals surface area contributed by atoms with E-state index >= 15 is 0 Å². The zero-order valence-corrected chi connectivity index (χ0v) is 17.0. The van der Waals surface area contributed by atoms with Crippen LogP contribution in [0.1, 0.15) is 35.4 Å². The van der Waals surface area contributed by atoms with Gasteiger partial charge in [0.05, 0.1) is 18.9 Å². The van der Waals surface area contributed by atoms with E-state index in [2.05, 4.69) is 57.3 Å². The van der Waals surface area contributed by atoms with Crippen molar-refractivity contribution in [2.45, 2.75) is 18.7 Å². The number of para-hydroxylation sites is 1. The van der Waals surface area contributed by atoms with Crippen molar-refractivity contribution in [2.75, 3.05) is 7.11 Å². The molecule has 2 aliphatic heterocycles. The predicted molar refractivity (Wildman–Crippen MR) is 113 cm³/mol. The lowest BCUT2D eigenvalue weighted by molar-refractivity contribution is -0.0190. The Morgan fingerprint density at radius 3 is 2.50 bits per heavy atom. The van der Waals surface area contributed by atoms with Gasteiger partial charge in [0.25, 0.3) is 0 Å². The maximum Gasteiger partial charge on any atom is 0.213 e. The van der Waals surface area contributed by atoms with Gasteiger partial charge in [-0.1, -0.05) is 46.3 Å². The van der Waals surface area contributed by atoms with E-state index in [1.165, 1.54) is 5.56 Å². The Morgan fingerprint density at radius 1 is 1.00 bits per heavy atom. The zero-order chi connectivity index (χ0) is 19.1. The van der Waals surface area contributed by atoms with Crippen LogP contribution >= 0.6 is 15.9 Å². The Labute approximate surface area is 172 Å². The number of rotatable bonds is 3. The van der Waals surface area contributed by atoms with Gasteiger partial charge >= 0.3 is 0 Å². The molecule has 3 aromatic rings. The highest BCUT2D eigenvalue weighted by Crippen LogP contribution is 2.47. The van der Waals surface area contributed by atoms with Gasteiger partial charge in [0.1, 0.15) is 11.5 Å². The molecular formula is C23H19BrN2O2. The summed E-state index contributed by atoms with van der Waals surface area (Å²) in [6.45, 7) is 0. The van der Waals surface area contributed by atoms with Gasteiger partial charge in [-0.15, -0.1) is 0 Å². The summed E-state index contributed by atoms with van der Waals surface area (Å²) in [6, 6.07) is 24.8. The monoisotopic (exact) mass is 434 g/mol. The largest absolute Gasteiger partial charge is 0.497 e. The van der Waals surface area contributed by atoms with Crippen molar-refractivity contribution in [3.63, 3.8) is 0 Å².